The quantitative estimate of drug-likeness (QED) is 0.884. The molecule has 1 N–H and O–H groups in total. The second-order valence-electron chi connectivity index (χ2n) is 3.66. The molecule has 0 saturated heterocycles. The van der Waals surface area contributed by atoms with E-state index in [0.717, 1.165) is 5.56 Å². The first-order chi connectivity index (χ1) is 7.63. The Labute approximate surface area is 98.7 Å². The van der Waals surface area contributed by atoms with Gasteiger partial charge in [0.2, 0.25) is 6.79 Å². The van der Waals surface area contributed by atoms with Gasteiger partial charge in [0.15, 0.2) is 11.5 Å². The minimum Gasteiger partial charge on any atom is -0.495 e. The summed E-state index contributed by atoms with van der Waals surface area (Å²) in [6, 6.07) is 1.66. The van der Waals surface area contributed by atoms with E-state index in [1.54, 1.807) is 13.0 Å². The van der Waals surface area contributed by atoms with E-state index in [1.807, 2.05) is 0 Å². The van der Waals surface area contributed by atoms with Crippen molar-refractivity contribution in [2.24, 2.45) is 0 Å². The van der Waals surface area contributed by atoms with E-state index in [0.29, 0.717) is 28.7 Å². The molecule has 2 rings (SSSR count). The number of halogens is 1. The summed E-state index contributed by atoms with van der Waals surface area (Å²) in [7, 11) is 1.54. The Bertz CT molecular complexity index is 400. The molecule has 16 heavy (non-hydrogen) atoms. The van der Waals surface area contributed by atoms with Gasteiger partial charge in [-0.1, -0.05) is 11.6 Å². The van der Waals surface area contributed by atoms with Crippen LogP contribution in [-0.4, -0.2) is 25.1 Å². The third kappa shape index (κ3) is 1.90. The highest BCUT2D eigenvalue weighted by Gasteiger charge is 2.25. The van der Waals surface area contributed by atoms with Crippen molar-refractivity contribution in [3.05, 3.63) is 16.7 Å². The molecular weight excluding hydrogens is 232 g/mol. The molecule has 0 spiro atoms. The van der Waals surface area contributed by atoms with Crippen LogP contribution in [-0.2, 0) is 6.42 Å². The Morgan fingerprint density at radius 3 is 2.94 bits per heavy atom. The van der Waals surface area contributed by atoms with Gasteiger partial charge in [0.25, 0.3) is 0 Å². The smallest absolute Gasteiger partial charge is 0.231 e. The summed E-state index contributed by atoms with van der Waals surface area (Å²) in [6.45, 7) is 1.87. The molecule has 0 aliphatic carbocycles. The van der Waals surface area contributed by atoms with Crippen LogP contribution in [0.25, 0.3) is 0 Å². The molecule has 0 amide bonds. The predicted octanol–water partition coefficient (Wildman–Crippen LogP) is 2.00. The van der Waals surface area contributed by atoms with Crippen LogP contribution in [0.1, 0.15) is 12.5 Å². The van der Waals surface area contributed by atoms with Crippen LogP contribution in [0.3, 0.4) is 0 Å². The second-order valence-corrected chi connectivity index (χ2v) is 4.06. The van der Waals surface area contributed by atoms with E-state index >= 15 is 0 Å². The average molecular weight is 245 g/mol. The molecule has 0 fully saturated rings. The fourth-order valence-electron chi connectivity index (χ4n) is 1.76. The maximum Gasteiger partial charge on any atom is 0.231 e. The molecule has 0 aromatic heterocycles. The number of rotatable bonds is 3. The molecular formula is C11H13ClO4. The van der Waals surface area contributed by atoms with Gasteiger partial charge >= 0.3 is 0 Å². The number of benzene rings is 1. The van der Waals surface area contributed by atoms with E-state index in [2.05, 4.69) is 0 Å². The van der Waals surface area contributed by atoms with Crippen LogP contribution < -0.4 is 14.2 Å². The van der Waals surface area contributed by atoms with Gasteiger partial charge in [-0.3, -0.25) is 0 Å². The van der Waals surface area contributed by atoms with E-state index in [1.165, 1.54) is 7.11 Å². The lowest BCUT2D eigenvalue weighted by atomic mass is 10.1. The van der Waals surface area contributed by atoms with E-state index in [-0.39, 0.29) is 6.79 Å². The van der Waals surface area contributed by atoms with Crippen molar-refractivity contribution >= 4 is 11.6 Å². The number of hydrogen-bond donors (Lipinski definition) is 1. The van der Waals surface area contributed by atoms with Crippen LogP contribution in [0, 0.1) is 0 Å². The maximum absolute atomic E-state index is 9.45. The summed E-state index contributed by atoms with van der Waals surface area (Å²) in [5.74, 6) is 1.75. The summed E-state index contributed by atoms with van der Waals surface area (Å²) in [5, 5.41) is 9.91. The molecule has 1 aromatic rings. The minimum absolute atomic E-state index is 0.172. The normalized spacial score (nSPS) is 15.0. The molecule has 1 aromatic carbocycles. The van der Waals surface area contributed by atoms with Crippen molar-refractivity contribution in [1.29, 1.82) is 0 Å². The number of hydrogen-bond acceptors (Lipinski definition) is 4. The van der Waals surface area contributed by atoms with Crippen molar-refractivity contribution in [2.45, 2.75) is 19.4 Å². The first-order valence-corrected chi connectivity index (χ1v) is 5.34. The van der Waals surface area contributed by atoms with Gasteiger partial charge in [-0.25, -0.2) is 0 Å². The zero-order valence-electron chi connectivity index (χ0n) is 9.12. The summed E-state index contributed by atoms with van der Waals surface area (Å²) in [5.41, 5.74) is 0.748. The van der Waals surface area contributed by atoms with Crippen molar-refractivity contribution in [1.82, 2.24) is 0 Å². The highest BCUT2D eigenvalue weighted by atomic mass is 35.5. The van der Waals surface area contributed by atoms with Gasteiger partial charge < -0.3 is 19.3 Å². The molecule has 5 heteroatoms. The van der Waals surface area contributed by atoms with Crippen LogP contribution in [0.5, 0.6) is 17.2 Å². The Kier molecular flexibility index (Phi) is 3.12. The van der Waals surface area contributed by atoms with Crippen LogP contribution in [0.4, 0.5) is 0 Å². The average Bonchev–Trinajstić information content (AvgIpc) is 2.64. The summed E-state index contributed by atoms with van der Waals surface area (Å²) >= 11 is 6.05. The molecule has 0 bridgehead atoms. The van der Waals surface area contributed by atoms with Gasteiger partial charge in [0.1, 0.15) is 5.75 Å². The fourth-order valence-corrected chi connectivity index (χ4v) is 2.05. The number of aliphatic hydroxyl groups is 1. The fraction of sp³-hybridized carbons (Fsp3) is 0.455. The first-order valence-electron chi connectivity index (χ1n) is 4.96. The zero-order valence-corrected chi connectivity index (χ0v) is 9.87. The van der Waals surface area contributed by atoms with Gasteiger partial charge in [0, 0.05) is 18.1 Å². The van der Waals surface area contributed by atoms with Gasteiger partial charge in [-0.05, 0) is 6.92 Å². The molecule has 1 atom stereocenters. The summed E-state index contributed by atoms with van der Waals surface area (Å²) < 4.78 is 15.8. The monoisotopic (exact) mass is 244 g/mol. The summed E-state index contributed by atoms with van der Waals surface area (Å²) in [4.78, 5) is 0. The lowest BCUT2D eigenvalue weighted by Gasteiger charge is -2.14. The Balaban J connectivity index is 2.52. The molecule has 1 aliphatic rings. The molecule has 88 valence electrons. The number of aliphatic hydroxyl groups excluding tert-OH is 1. The molecule has 1 unspecified atom stereocenters. The Morgan fingerprint density at radius 1 is 1.56 bits per heavy atom. The van der Waals surface area contributed by atoms with E-state index in [4.69, 9.17) is 25.8 Å². The number of fused-ring (bicyclic) bond motifs is 1. The van der Waals surface area contributed by atoms with Crippen molar-refractivity contribution in [2.75, 3.05) is 13.9 Å². The van der Waals surface area contributed by atoms with Crippen LogP contribution in [0.2, 0.25) is 5.02 Å². The second kappa shape index (κ2) is 4.39. The van der Waals surface area contributed by atoms with Crippen molar-refractivity contribution < 1.29 is 19.3 Å². The third-order valence-corrected chi connectivity index (χ3v) is 2.65. The lowest BCUT2D eigenvalue weighted by Crippen LogP contribution is -2.07. The molecule has 4 nitrogen and oxygen atoms in total. The van der Waals surface area contributed by atoms with E-state index in [9.17, 15) is 5.11 Å². The zero-order chi connectivity index (χ0) is 11.7. The van der Waals surface area contributed by atoms with Crippen LogP contribution >= 0.6 is 11.6 Å². The van der Waals surface area contributed by atoms with Gasteiger partial charge in [-0.15, -0.1) is 0 Å². The molecule has 1 heterocycles. The largest absolute Gasteiger partial charge is 0.495 e. The highest BCUT2D eigenvalue weighted by molar-refractivity contribution is 6.32. The lowest BCUT2D eigenvalue weighted by molar-refractivity contribution is 0.169. The van der Waals surface area contributed by atoms with Gasteiger partial charge in [0.05, 0.1) is 18.2 Å². The van der Waals surface area contributed by atoms with Crippen molar-refractivity contribution in [3.8, 4) is 17.2 Å². The topological polar surface area (TPSA) is 47.9 Å². The Morgan fingerprint density at radius 2 is 2.31 bits per heavy atom. The first kappa shape index (κ1) is 11.4. The number of methoxy groups -OCH3 is 1. The molecule has 0 saturated carbocycles. The highest BCUT2D eigenvalue weighted by Crippen LogP contribution is 2.45. The summed E-state index contributed by atoms with van der Waals surface area (Å²) in [6.07, 6.45) is -0.0873. The standard InChI is InChI=1S/C11H13ClO4/c1-6(13)3-7-10(14-2)8(12)4-9-11(7)16-5-15-9/h4,6,13H,3,5H2,1-2H3. The predicted molar refractivity (Wildman–Crippen MR) is 59.5 cm³/mol. The molecule has 1 aliphatic heterocycles. The minimum atomic E-state index is -0.499. The van der Waals surface area contributed by atoms with Gasteiger partial charge in [-0.2, -0.15) is 0 Å². The van der Waals surface area contributed by atoms with Crippen molar-refractivity contribution in [3.63, 3.8) is 0 Å². The van der Waals surface area contributed by atoms with Crippen LogP contribution in [0.15, 0.2) is 6.07 Å². The van der Waals surface area contributed by atoms with E-state index < -0.39 is 6.10 Å². The number of ether oxygens (including phenoxy) is 3. The molecule has 0 radical (unpaired) electrons. The third-order valence-electron chi connectivity index (χ3n) is 2.37. The Hall–Kier alpha value is -1.13. The maximum atomic E-state index is 9.45. The SMILES string of the molecule is COc1c(Cl)cc2c(c1CC(C)O)OCO2.